The van der Waals surface area contributed by atoms with Gasteiger partial charge in [0.05, 0.1) is 4.90 Å². The summed E-state index contributed by atoms with van der Waals surface area (Å²) in [6.45, 7) is 15.0. The molecule has 1 aromatic rings. The molecule has 1 aromatic carbocycles. The smallest absolute Gasteiger partial charge is 0.120 e. The molecule has 0 atom stereocenters. The van der Waals surface area contributed by atoms with Gasteiger partial charge in [-0.15, -0.1) is 11.7 Å². The van der Waals surface area contributed by atoms with Crippen LogP contribution in [0.5, 0.6) is 0 Å². The van der Waals surface area contributed by atoms with Crippen molar-refractivity contribution in [3.05, 3.63) is 28.3 Å². The predicted octanol–water partition coefficient (Wildman–Crippen LogP) is 6.75. The molecule has 0 nitrogen and oxygen atoms in total. The summed E-state index contributed by atoms with van der Waals surface area (Å²) in [5, 5.41) is 0. The number of hydrogen-bond acceptors (Lipinski definition) is 0. The van der Waals surface area contributed by atoms with Crippen molar-refractivity contribution in [3.63, 3.8) is 0 Å². The molecule has 0 heterocycles. The van der Waals surface area contributed by atoms with Crippen molar-refractivity contribution in [2.75, 3.05) is 0 Å². The van der Waals surface area contributed by atoms with Gasteiger partial charge in [0, 0.05) is 0 Å². The third kappa shape index (κ3) is 4.16. The summed E-state index contributed by atoms with van der Waals surface area (Å²) in [6, 6.07) is 1.69. The first-order valence-electron chi connectivity index (χ1n) is 6.49. The average molecular weight is 294 g/mol. The fraction of sp³-hybridized carbons (Fsp3) is 0.600. The van der Waals surface area contributed by atoms with E-state index in [-0.39, 0.29) is 5.41 Å². The highest BCUT2D eigenvalue weighted by molar-refractivity contribution is 8.21. The summed E-state index contributed by atoms with van der Waals surface area (Å²) in [5.74, 6) is 0. The summed E-state index contributed by atoms with van der Waals surface area (Å²) in [4.78, 5) is -0.400. The molecule has 4 heteroatoms. The lowest BCUT2D eigenvalue weighted by molar-refractivity contribution is 0.581. The van der Waals surface area contributed by atoms with Crippen molar-refractivity contribution < 1.29 is 11.7 Å². The summed E-state index contributed by atoms with van der Waals surface area (Å²) in [5.41, 5.74) is 2.37. The van der Waals surface area contributed by atoms with E-state index in [4.69, 9.17) is 0 Å². The molecule has 0 N–H and O–H groups in total. The standard InChI is InChI=1S/C13H19F3S.C2H6/c1-8-7-11(13(4,5)6)9(2)10(3)12(8)17(14,15)16;1-2/h7H,1-6H3;1-2H3. The molecule has 0 spiro atoms. The van der Waals surface area contributed by atoms with Crippen LogP contribution in [0, 0.1) is 20.8 Å². The first kappa shape index (κ1) is 18.4. The Morgan fingerprint density at radius 1 is 0.895 bits per heavy atom. The van der Waals surface area contributed by atoms with E-state index in [0.29, 0.717) is 11.1 Å². The molecule has 0 saturated carbocycles. The largest absolute Gasteiger partial charge is 0.238 e. The first-order chi connectivity index (χ1) is 8.46. The molecule has 0 unspecified atom stereocenters. The Bertz CT molecular complexity index is 440. The molecule has 0 aliphatic heterocycles. The van der Waals surface area contributed by atoms with Crippen LogP contribution in [0.1, 0.15) is 56.9 Å². The van der Waals surface area contributed by atoms with Gasteiger partial charge in [-0.25, -0.2) is 0 Å². The van der Waals surface area contributed by atoms with Crippen molar-refractivity contribution in [1.29, 1.82) is 0 Å². The zero-order valence-electron chi connectivity index (χ0n) is 13.1. The number of aryl methyl sites for hydroxylation is 1. The second-order valence-corrected chi connectivity index (χ2v) is 6.70. The highest BCUT2D eigenvalue weighted by atomic mass is 32.3. The number of rotatable bonds is 1. The van der Waals surface area contributed by atoms with E-state index >= 15 is 0 Å². The van der Waals surface area contributed by atoms with Crippen LogP contribution in [0.4, 0.5) is 11.7 Å². The van der Waals surface area contributed by atoms with Crippen molar-refractivity contribution in [2.45, 2.75) is 65.7 Å². The minimum absolute atomic E-state index is 0.126. The molecule has 0 saturated heterocycles. The monoisotopic (exact) mass is 294 g/mol. The lowest BCUT2D eigenvalue weighted by atomic mass is 9.82. The molecule has 0 aromatic heterocycles. The topological polar surface area (TPSA) is 0 Å². The van der Waals surface area contributed by atoms with Gasteiger partial charge < -0.3 is 0 Å². The van der Waals surface area contributed by atoms with Crippen LogP contribution >= 0.6 is 11.2 Å². The van der Waals surface area contributed by atoms with E-state index in [0.717, 1.165) is 11.1 Å². The lowest BCUT2D eigenvalue weighted by Gasteiger charge is -2.27. The summed E-state index contributed by atoms with van der Waals surface area (Å²) < 4.78 is 39.0. The molecule has 0 aliphatic rings. The second-order valence-electron chi connectivity index (χ2n) is 5.48. The zero-order valence-corrected chi connectivity index (χ0v) is 13.9. The summed E-state index contributed by atoms with van der Waals surface area (Å²) in [6.07, 6.45) is 0. The number of halogens is 3. The highest BCUT2D eigenvalue weighted by Gasteiger charge is 2.31. The number of hydrogen-bond donors (Lipinski definition) is 0. The Labute approximate surface area is 117 Å². The molecular weight excluding hydrogens is 269 g/mol. The van der Waals surface area contributed by atoms with Crippen molar-refractivity contribution in [2.24, 2.45) is 0 Å². The Morgan fingerprint density at radius 2 is 1.32 bits per heavy atom. The maximum atomic E-state index is 13.0. The molecule has 0 aliphatic carbocycles. The van der Waals surface area contributed by atoms with E-state index in [1.807, 2.05) is 34.6 Å². The van der Waals surface area contributed by atoms with Crippen LogP contribution in [0.15, 0.2) is 11.0 Å². The third-order valence-corrected chi connectivity index (χ3v) is 4.16. The fourth-order valence-corrected chi connectivity index (χ4v) is 3.12. The number of benzene rings is 1. The second kappa shape index (κ2) is 6.21. The van der Waals surface area contributed by atoms with Crippen LogP contribution in [0.3, 0.4) is 0 Å². The van der Waals surface area contributed by atoms with Crippen molar-refractivity contribution in [3.8, 4) is 0 Å². The van der Waals surface area contributed by atoms with Crippen molar-refractivity contribution in [1.82, 2.24) is 0 Å². The van der Waals surface area contributed by atoms with Gasteiger partial charge in [-0.05, 0) is 48.4 Å². The molecule has 0 amide bonds. The summed E-state index contributed by atoms with van der Waals surface area (Å²) in [7, 11) is 0. The van der Waals surface area contributed by atoms with E-state index in [1.165, 1.54) is 0 Å². The molecule has 1 rings (SSSR count). The van der Waals surface area contributed by atoms with E-state index in [2.05, 4.69) is 0 Å². The lowest BCUT2D eigenvalue weighted by Crippen LogP contribution is -2.15. The van der Waals surface area contributed by atoms with Crippen molar-refractivity contribution >= 4 is 11.2 Å². The quantitative estimate of drug-likeness (QED) is 0.537. The van der Waals surface area contributed by atoms with Gasteiger partial charge in [0.2, 0.25) is 11.2 Å². The Morgan fingerprint density at radius 3 is 1.63 bits per heavy atom. The van der Waals surface area contributed by atoms with Gasteiger partial charge in [-0.1, -0.05) is 40.7 Å². The Hall–Kier alpha value is -0.640. The molecular formula is C15H25F3S. The van der Waals surface area contributed by atoms with E-state index in [9.17, 15) is 11.7 Å². The first-order valence-corrected chi connectivity index (χ1v) is 7.83. The predicted molar refractivity (Wildman–Crippen MR) is 79.9 cm³/mol. The molecule has 19 heavy (non-hydrogen) atoms. The molecule has 0 fully saturated rings. The average Bonchev–Trinajstić information content (AvgIpc) is 2.23. The highest BCUT2D eigenvalue weighted by Crippen LogP contribution is 2.63. The molecule has 0 radical (unpaired) electrons. The third-order valence-electron chi connectivity index (χ3n) is 3.07. The van der Waals surface area contributed by atoms with E-state index < -0.39 is 16.1 Å². The van der Waals surface area contributed by atoms with Gasteiger partial charge in [-0.2, -0.15) is 0 Å². The SMILES string of the molecule is CC.Cc1cc(C(C)(C)C)c(C)c(C)c1S(F)(F)F. The van der Waals surface area contributed by atoms with Gasteiger partial charge in [-0.3, -0.25) is 0 Å². The molecule has 0 bridgehead atoms. The van der Waals surface area contributed by atoms with E-state index in [1.54, 1.807) is 26.8 Å². The van der Waals surface area contributed by atoms with Crippen LogP contribution in [-0.4, -0.2) is 0 Å². The maximum absolute atomic E-state index is 13.0. The van der Waals surface area contributed by atoms with Gasteiger partial charge in [0.15, 0.2) is 0 Å². The van der Waals surface area contributed by atoms with Crippen LogP contribution in [0.25, 0.3) is 0 Å². The zero-order chi connectivity index (χ0) is 15.6. The summed E-state index contributed by atoms with van der Waals surface area (Å²) >= 11 is -5.15. The van der Waals surface area contributed by atoms with Crippen LogP contribution in [0.2, 0.25) is 0 Å². The van der Waals surface area contributed by atoms with Crippen LogP contribution in [-0.2, 0) is 5.41 Å². The van der Waals surface area contributed by atoms with Gasteiger partial charge in [0.25, 0.3) is 0 Å². The Balaban J connectivity index is 0.00000154. The maximum Gasteiger partial charge on any atom is 0.238 e. The van der Waals surface area contributed by atoms with Gasteiger partial charge in [0.1, 0.15) is 0 Å². The van der Waals surface area contributed by atoms with Gasteiger partial charge >= 0.3 is 0 Å². The minimum Gasteiger partial charge on any atom is -0.120 e. The molecule has 112 valence electrons. The normalized spacial score (nSPS) is 12.8. The minimum atomic E-state index is -5.15. The fourth-order valence-electron chi connectivity index (χ4n) is 2.19. The van der Waals surface area contributed by atoms with Crippen LogP contribution < -0.4 is 0 Å². The Kier molecular flexibility index (Phi) is 6.00.